The Kier molecular flexibility index (Phi) is 5.33. The molecule has 3 rings (SSSR count). The van der Waals surface area contributed by atoms with Crippen molar-refractivity contribution in [1.29, 1.82) is 0 Å². The summed E-state index contributed by atoms with van der Waals surface area (Å²) in [5.41, 5.74) is 0.397. The molecule has 0 unspecified atom stereocenters. The Morgan fingerprint density at radius 3 is 2.77 bits per heavy atom. The van der Waals surface area contributed by atoms with Crippen LogP contribution in [-0.4, -0.2) is 39.3 Å². The van der Waals surface area contributed by atoms with Crippen LogP contribution < -0.4 is 10.0 Å². The van der Waals surface area contributed by atoms with E-state index in [-0.39, 0.29) is 10.7 Å². The number of hydrogen-bond acceptors (Lipinski definition) is 7. The van der Waals surface area contributed by atoms with Crippen molar-refractivity contribution in [3.63, 3.8) is 0 Å². The molecule has 10 heteroatoms. The van der Waals surface area contributed by atoms with Gasteiger partial charge in [0.15, 0.2) is 6.61 Å². The summed E-state index contributed by atoms with van der Waals surface area (Å²) in [7, 11) is -3.65. The SMILES string of the molecule is O=C(COC(=O)CN=C1NS(=O)(=O)c2ccccc21)NCc1cccs1. The molecule has 1 aliphatic rings. The Morgan fingerprint density at radius 2 is 2.00 bits per heavy atom. The zero-order chi connectivity index (χ0) is 18.6. The third-order valence-electron chi connectivity index (χ3n) is 3.43. The maximum Gasteiger partial charge on any atom is 0.328 e. The number of amidine groups is 1. The molecule has 2 N–H and O–H groups in total. The second-order valence-corrected chi connectivity index (χ2v) is 7.97. The molecule has 1 aromatic carbocycles. The first-order valence-corrected chi connectivity index (χ1v) is 9.93. The molecule has 1 aliphatic heterocycles. The van der Waals surface area contributed by atoms with E-state index in [9.17, 15) is 18.0 Å². The Balaban J connectivity index is 1.50. The molecule has 0 atom stereocenters. The third kappa shape index (κ3) is 4.27. The normalized spacial score (nSPS) is 15.9. The highest BCUT2D eigenvalue weighted by Crippen LogP contribution is 2.21. The van der Waals surface area contributed by atoms with E-state index in [2.05, 4.69) is 15.0 Å². The van der Waals surface area contributed by atoms with Gasteiger partial charge in [0.1, 0.15) is 12.4 Å². The molecule has 26 heavy (non-hydrogen) atoms. The zero-order valence-corrected chi connectivity index (χ0v) is 15.1. The van der Waals surface area contributed by atoms with Crippen molar-refractivity contribution in [3.8, 4) is 0 Å². The van der Waals surface area contributed by atoms with Crippen LogP contribution in [-0.2, 0) is 30.9 Å². The van der Waals surface area contributed by atoms with Gasteiger partial charge in [0, 0.05) is 10.4 Å². The monoisotopic (exact) mass is 393 g/mol. The molecule has 8 nitrogen and oxygen atoms in total. The number of carbonyl (C=O) groups excluding carboxylic acids is 2. The van der Waals surface area contributed by atoms with Gasteiger partial charge in [-0.3, -0.25) is 19.3 Å². The third-order valence-corrected chi connectivity index (χ3v) is 5.71. The molecule has 136 valence electrons. The molecule has 2 heterocycles. The first-order valence-electron chi connectivity index (χ1n) is 7.57. The highest BCUT2D eigenvalue weighted by Gasteiger charge is 2.30. The number of thiophene rings is 1. The number of sulfonamides is 1. The predicted octanol–water partition coefficient (Wildman–Crippen LogP) is 0.646. The van der Waals surface area contributed by atoms with Gasteiger partial charge in [0.2, 0.25) is 0 Å². The topological polar surface area (TPSA) is 114 Å². The lowest BCUT2D eigenvalue weighted by Crippen LogP contribution is -2.29. The summed E-state index contributed by atoms with van der Waals surface area (Å²) in [5, 5.41) is 4.53. The standard InChI is InChI=1S/C16H15N3O5S2/c20-14(17-8-11-4-3-7-25-11)10-24-15(21)9-18-16-12-5-1-2-6-13(12)26(22,23)19-16/h1-7H,8-10H2,(H,17,20)(H,18,19). The lowest BCUT2D eigenvalue weighted by Gasteiger charge is -2.05. The molecule has 0 fully saturated rings. The number of nitrogens with zero attached hydrogens (tertiary/aromatic N) is 1. The van der Waals surface area contributed by atoms with Gasteiger partial charge in [-0.25, -0.2) is 8.42 Å². The first kappa shape index (κ1) is 18.1. The van der Waals surface area contributed by atoms with Gasteiger partial charge in [0.25, 0.3) is 15.9 Å². The van der Waals surface area contributed by atoms with E-state index in [0.29, 0.717) is 12.1 Å². The predicted molar refractivity (Wildman–Crippen MR) is 95.3 cm³/mol. The van der Waals surface area contributed by atoms with Crippen molar-refractivity contribution >= 4 is 39.1 Å². The molecule has 1 aromatic heterocycles. The maximum absolute atomic E-state index is 11.9. The Labute approximate surface area is 154 Å². The average Bonchev–Trinajstić information content (AvgIpc) is 3.23. The number of carbonyl (C=O) groups is 2. The number of amides is 1. The van der Waals surface area contributed by atoms with E-state index in [1.54, 1.807) is 18.2 Å². The first-order chi connectivity index (χ1) is 12.5. The summed E-state index contributed by atoms with van der Waals surface area (Å²) >= 11 is 1.51. The average molecular weight is 393 g/mol. The molecular formula is C16H15N3O5S2. The van der Waals surface area contributed by atoms with Gasteiger partial charge in [-0.15, -0.1) is 11.3 Å². The second-order valence-electron chi connectivity index (χ2n) is 5.28. The summed E-state index contributed by atoms with van der Waals surface area (Å²) in [6, 6.07) is 10.1. The highest BCUT2D eigenvalue weighted by atomic mass is 32.2. The molecule has 0 spiro atoms. The van der Waals surface area contributed by atoms with Gasteiger partial charge in [0.05, 0.1) is 11.4 Å². The Hall–Kier alpha value is -2.72. The summed E-state index contributed by atoms with van der Waals surface area (Å²) in [6.45, 7) is -0.448. The number of nitrogens with one attached hydrogen (secondary N) is 2. The Morgan fingerprint density at radius 1 is 1.19 bits per heavy atom. The number of rotatable bonds is 6. The summed E-state index contributed by atoms with van der Waals surface area (Å²) in [6.07, 6.45) is 0. The number of aliphatic imine (C=N–C) groups is 1. The van der Waals surface area contributed by atoms with Crippen LogP contribution in [0.3, 0.4) is 0 Å². The molecule has 2 aromatic rings. The van der Waals surface area contributed by atoms with Gasteiger partial charge in [-0.05, 0) is 23.6 Å². The molecule has 0 saturated heterocycles. The fourth-order valence-corrected chi connectivity index (χ4v) is 4.13. The fraction of sp³-hybridized carbons (Fsp3) is 0.188. The van der Waals surface area contributed by atoms with Crippen molar-refractivity contribution in [2.75, 3.05) is 13.2 Å². The minimum Gasteiger partial charge on any atom is -0.454 e. The molecule has 0 saturated carbocycles. The summed E-state index contributed by atoms with van der Waals surface area (Å²) < 4.78 is 31.0. The lowest BCUT2D eigenvalue weighted by atomic mass is 10.2. The zero-order valence-electron chi connectivity index (χ0n) is 13.5. The van der Waals surface area contributed by atoms with Crippen molar-refractivity contribution in [3.05, 3.63) is 52.2 Å². The minimum absolute atomic E-state index is 0.0831. The van der Waals surface area contributed by atoms with Crippen molar-refractivity contribution < 1.29 is 22.7 Å². The second kappa shape index (κ2) is 7.67. The van der Waals surface area contributed by atoms with Crippen LogP contribution in [0.25, 0.3) is 0 Å². The van der Waals surface area contributed by atoms with E-state index in [1.165, 1.54) is 17.4 Å². The van der Waals surface area contributed by atoms with Gasteiger partial charge in [-0.2, -0.15) is 0 Å². The van der Waals surface area contributed by atoms with Gasteiger partial charge >= 0.3 is 5.97 Å². The molecule has 0 bridgehead atoms. The molecule has 0 radical (unpaired) electrons. The number of ether oxygens (including phenoxy) is 1. The van der Waals surface area contributed by atoms with Crippen LogP contribution in [0.15, 0.2) is 51.7 Å². The summed E-state index contributed by atoms with van der Waals surface area (Å²) in [5.74, 6) is -1.07. The lowest BCUT2D eigenvalue weighted by molar-refractivity contribution is -0.147. The van der Waals surface area contributed by atoms with Crippen LogP contribution in [0, 0.1) is 0 Å². The van der Waals surface area contributed by atoms with Crippen LogP contribution >= 0.6 is 11.3 Å². The van der Waals surface area contributed by atoms with Crippen LogP contribution in [0.1, 0.15) is 10.4 Å². The quantitative estimate of drug-likeness (QED) is 0.700. The number of fused-ring (bicyclic) bond motifs is 1. The van der Waals surface area contributed by atoms with Crippen LogP contribution in [0.4, 0.5) is 0 Å². The minimum atomic E-state index is -3.65. The van der Waals surface area contributed by atoms with Crippen LogP contribution in [0.5, 0.6) is 0 Å². The summed E-state index contributed by atoms with van der Waals surface area (Å²) in [4.78, 5) is 28.4. The number of hydrogen-bond donors (Lipinski definition) is 2. The number of esters is 1. The van der Waals surface area contributed by atoms with Crippen LogP contribution in [0.2, 0.25) is 0 Å². The molecule has 1 amide bonds. The molecule has 0 aliphatic carbocycles. The van der Waals surface area contributed by atoms with E-state index in [1.807, 2.05) is 17.5 Å². The van der Waals surface area contributed by atoms with Gasteiger partial charge in [-0.1, -0.05) is 18.2 Å². The van der Waals surface area contributed by atoms with E-state index < -0.39 is 35.1 Å². The largest absolute Gasteiger partial charge is 0.454 e. The van der Waals surface area contributed by atoms with Crippen molar-refractivity contribution in [2.45, 2.75) is 11.4 Å². The maximum atomic E-state index is 11.9. The fourth-order valence-electron chi connectivity index (χ4n) is 2.24. The van der Waals surface area contributed by atoms with Gasteiger partial charge < -0.3 is 10.1 Å². The van der Waals surface area contributed by atoms with E-state index in [4.69, 9.17) is 4.74 Å². The Bertz CT molecular complexity index is 952. The van der Waals surface area contributed by atoms with Crippen molar-refractivity contribution in [1.82, 2.24) is 10.0 Å². The van der Waals surface area contributed by atoms with E-state index >= 15 is 0 Å². The number of benzene rings is 1. The van der Waals surface area contributed by atoms with Crippen molar-refractivity contribution in [2.24, 2.45) is 4.99 Å². The smallest absolute Gasteiger partial charge is 0.328 e. The van der Waals surface area contributed by atoms with E-state index in [0.717, 1.165) is 4.88 Å². The molecular weight excluding hydrogens is 378 g/mol. The highest BCUT2D eigenvalue weighted by molar-refractivity contribution is 7.90.